The van der Waals surface area contributed by atoms with Crippen LogP contribution in [0.25, 0.3) is 22.8 Å². The van der Waals surface area contributed by atoms with Gasteiger partial charge in [0.1, 0.15) is 24.0 Å². The zero-order chi connectivity index (χ0) is 19.5. The molecule has 140 valence electrons. The summed E-state index contributed by atoms with van der Waals surface area (Å²) in [5.74, 6) is -0.0252. The average molecular weight is 399 g/mol. The minimum atomic E-state index is -0.641. The van der Waals surface area contributed by atoms with E-state index < -0.39 is 11.6 Å². The molecule has 0 aliphatic heterocycles. The SMILES string of the molecule is Fc1cccc(F)c1COc1ccc(-c2noc(-c3ccc(Cl)cc3)n2)cc1. The van der Waals surface area contributed by atoms with Crippen LogP contribution in [0.4, 0.5) is 8.78 Å². The van der Waals surface area contributed by atoms with Gasteiger partial charge in [0.15, 0.2) is 0 Å². The molecule has 1 aromatic heterocycles. The van der Waals surface area contributed by atoms with Gasteiger partial charge >= 0.3 is 0 Å². The fraction of sp³-hybridized carbons (Fsp3) is 0.0476. The van der Waals surface area contributed by atoms with Crippen molar-refractivity contribution in [2.75, 3.05) is 0 Å². The summed E-state index contributed by atoms with van der Waals surface area (Å²) >= 11 is 5.88. The van der Waals surface area contributed by atoms with Crippen LogP contribution >= 0.6 is 11.6 Å². The van der Waals surface area contributed by atoms with Gasteiger partial charge in [-0.3, -0.25) is 0 Å². The van der Waals surface area contributed by atoms with E-state index in [4.69, 9.17) is 20.9 Å². The van der Waals surface area contributed by atoms with Crippen molar-refractivity contribution in [3.63, 3.8) is 0 Å². The molecular weight excluding hydrogens is 386 g/mol. The van der Waals surface area contributed by atoms with Crippen molar-refractivity contribution in [2.45, 2.75) is 6.61 Å². The first-order chi connectivity index (χ1) is 13.6. The van der Waals surface area contributed by atoms with E-state index in [1.165, 1.54) is 18.2 Å². The third kappa shape index (κ3) is 3.87. The first kappa shape index (κ1) is 18.1. The lowest BCUT2D eigenvalue weighted by molar-refractivity contribution is 0.292. The van der Waals surface area contributed by atoms with E-state index in [1.54, 1.807) is 48.5 Å². The summed E-state index contributed by atoms with van der Waals surface area (Å²) in [7, 11) is 0. The van der Waals surface area contributed by atoms with E-state index in [0.717, 1.165) is 5.56 Å². The molecule has 0 atom stereocenters. The topological polar surface area (TPSA) is 48.2 Å². The Balaban J connectivity index is 1.47. The predicted octanol–water partition coefficient (Wildman–Crippen LogP) is 5.91. The zero-order valence-corrected chi connectivity index (χ0v) is 15.2. The number of halogens is 3. The molecule has 0 aliphatic carbocycles. The van der Waals surface area contributed by atoms with Crippen LogP contribution in [-0.2, 0) is 6.61 Å². The molecule has 4 rings (SSSR count). The summed E-state index contributed by atoms with van der Waals surface area (Å²) < 4.78 is 38.1. The molecule has 1 heterocycles. The Bertz CT molecular complexity index is 1080. The normalized spacial score (nSPS) is 10.8. The van der Waals surface area contributed by atoms with Crippen LogP contribution in [-0.4, -0.2) is 10.1 Å². The quantitative estimate of drug-likeness (QED) is 0.419. The maximum atomic E-state index is 13.6. The molecular formula is C21H13ClF2N2O2. The summed E-state index contributed by atoms with van der Waals surface area (Å²) in [6, 6.07) is 17.6. The summed E-state index contributed by atoms with van der Waals surface area (Å²) in [5.41, 5.74) is 1.36. The van der Waals surface area contributed by atoms with Gasteiger partial charge < -0.3 is 9.26 Å². The van der Waals surface area contributed by atoms with Gasteiger partial charge in [0.05, 0.1) is 5.56 Å². The second-order valence-corrected chi connectivity index (χ2v) is 6.38. The van der Waals surface area contributed by atoms with Gasteiger partial charge in [-0.2, -0.15) is 4.98 Å². The number of rotatable bonds is 5. The number of ether oxygens (including phenoxy) is 1. The Hall–Kier alpha value is -3.25. The van der Waals surface area contributed by atoms with Crippen LogP contribution in [0.5, 0.6) is 5.75 Å². The Labute approximate surface area is 164 Å². The molecule has 0 N–H and O–H groups in total. The lowest BCUT2D eigenvalue weighted by atomic mass is 10.2. The molecule has 3 aromatic carbocycles. The molecule has 0 bridgehead atoms. The molecule has 4 nitrogen and oxygen atoms in total. The predicted molar refractivity (Wildman–Crippen MR) is 101 cm³/mol. The zero-order valence-electron chi connectivity index (χ0n) is 14.4. The second kappa shape index (κ2) is 7.78. The minimum Gasteiger partial charge on any atom is -0.489 e. The van der Waals surface area contributed by atoms with E-state index in [9.17, 15) is 8.78 Å². The molecule has 0 radical (unpaired) electrons. The van der Waals surface area contributed by atoms with E-state index in [0.29, 0.717) is 28.1 Å². The summed E-state index contributed by atoms with van der Waals surface area (Å²) in [6.07, 6.45) is 0. The van der Waals surface area contributed by atoms with Crippen molar-refractivity contribution in [3.05, 3.63) is 89.0 Å². The molecule has 7 heteroatoms. The molecule has 28 heavy (non-hydrogen) atoms. The molecule has 0 unspecified atom stereocenters. The van der Waals surface area contributed by atoms with Crippen LogP contribution in [0.15, 0.2) is 71.3 Å². The highest BCUT2D eigenvalue weighted by atomic mass is 35.5. The Morgan fingerprint density at radius 2 is 1.50 bits per heavy atom. The number of hydrogen-bond donors (Lipinski definition) is 0. The van der Waals surface area contributed by atoms with Crippen molar-refractivity contribution >= 4 is 11.6 Å². The van der Waals surface area contributed by atoms with Gasteiger partial charge in [-0.15, -0.1) is 0 Å². The largest absolute Gasteiger partial charge is 0.489 e. The van der Waals surface area contributed by atoms with E-state index in [-0.39, 0.29) is 12.2 Å². The fourth-order valence-corrected chi connectivity index (χ4v) is 2.70. The molecule has 0 saturated heterocycles. The van der Waals surface area contributed by atoms with Gasteiger partial charge in [-0.05, 0) is 60.7 Å². The first-order valence-electron chi connectivity index (χ1n) is 8.36. The fourth-order valence-electron chi connectivity index (χ4n) is 2.58. The highest BCUT2D eigenvalue weighted by molar-refractivity contribution is 6.30. The summed E-state index contributed by atoms with van der Waals surface area (Å²) in [5, 5.41) is 4.59. The summed E-state index contributed by atoms with van der Waals surface area (Å²) in [6.45, 7) is -0.208. The second-order valence-electron chi connectivity index (χ2n) is 5.94. The molecule has 0 saturated carbocycles. The number of aromatic nitrogens is 2. The van der Waals surface area contributed by atoms with Gasteiger partial charge in [0.25, 0.3) is 5.89 Å². The maximum absolute atomic E-state index is 13.6. The minimum absolute atomic E-state index is 0.114. The Kier molecular flexibility index (Phi) is 5.04. The van der Waals surface area contributed by atoms with Crippen molar-refractivity contribution in [3.8, 4) is 28.6 Å². The van der Waals surface area contributed by atoms with Crippen LogP contribution in [0.2, 0.25) is 5.02 Å². The van der Waals surface area contributed by atoms with Crippen molar-refractivity contribution in [2.24, 2.45) is 0 Å². The number of hydrogen-bond acceptors (Lipinski definition) is 4. The Morgan fingerprint density at radius 3 is 2.18 bits per heavy atom. The molecule has 4 aromatic rings. The van der Waals surface area contributed by atoms with Crippen molar-refractivity contribution in [1.29, 1.82) is 0 Å². The smallest absolute Gasteiger partial charge is 0.258 e. The lowest BCUT2D eigenvalue weighted by Crippen LogP contribution is -2.01. The van der Waals surface area contributed by atoms with Crippen LogP contribution in [0, 0.1) is 11.6 Å². The van der Waals surface area contributed by atoms with Crippen LogP contribution < -0.4 is 4.74 Å². The molecule has 0 spiro atoms. The highest BCUT2D eigenvalue weighted by Gasteiger charge is 2.12. The monoisotopic (exact) mass is 398 g/mol. The third-order valence-electron chi connectivity index (χ3n) is 4.07. The number of benzene rings is 3. The summed E-state index contributed by atoms with van der Waals surface area (Å²) in [4.78, 5) is 4.37. The van der Waals surface area contributed by atoms with Crippen LogP contribution in [0.3, 0.4) is 0 Å². The van der Waals surface area contributed by atoms with Crippen LogP contribution in [0.1, 0.15) is 5.56 Å². The highest BCUT2D eigenvalue weighted by Crippen LogP contribution is 2.25. The van der Waals surface area contributed by atoms with Gasteiger partial charge in [-0.25, -0.2) is 8.78 Å². The van der Waals surface area contributed by atoms with E-state index >= 15 is 0 Å². The molecule has 0 amide bonds. The molecule has 0 aliphatic rings. The van der Waals surface area contributed by atoms with Crippen molar-refractivity contribution < 1.29 is 18.0 Å². The van der Waals surface area contributed by atoms with Gasteiger partial charge in [0, 0.05) is 16.1 Å². The average Bonchev–Trinajstić information content (AvgIpc) is 3.19. The van der Waals surface area contributed by atoms with E-state index in [1.807, 2.05) is 0 Å². The number of nitrogens with zero attached hydrogens (tertiary/aromatic N) is 2. The van der Waals surface area contributed by atoms with Crippen molar-refractivity contribution in [1.82, 2.24) is 10.1 Å². The third-order valence-corrected chi connectivity index (χ3v) is 4.33. The maximum Gasteiger partial charge on any atom is 0.258 e. The van der Waals surface area contributed by atoms with E-state index in [2.05, 4.69) is 10.1 Å². The lowest BCUT2D eigenvalue weighted by Gasteiger charge is -2.08. The van der Waals surface area contributed by atoms with Gasteiger partial charge in [0.2, 0.25) is 5.82 Å². The first-order valence-corrected chi connectivity index (χ1v) is 8.74. The molecule has 0 fully saturated rings. The Morgan fingerprint density at radius 1 is 0.857 bits per heavy atom. The standard InChI is InChI=1S/C21H13ClF2N2O2/c22-15-8-4-14(5-9-15)21-25-20(26-28-21)13-6-10-16(11-7-13)27-12-17-18(23)2-1-3-19(17)24/h1-11H,12H2. The van der Waals surface area contributed by atoms with Gasteiger partial charge in [-0.1, -0.05) is 22.8 Å².